The zero-order chi connectivity index (χ0) is 20.7. The van der Waals surface area contributed by atoms with Gasteiger partial charge in [-0.3, -0.25) is 4.79 Å². The van der Waals surface area contributed by atoms with Crippen molar-refractivity contribution in [2.75, 3.05) is 6.61 Å². The van der Waals surface area contributed by atoms with Crippen LogP contribution >= 0.6 is 0 Å². The number of unbranched alkanes of at least 4 members (excludes halogenated alkanes) is 16. The third kappa shape index (κ3) is 23.5. The predicted molar refractivity (Wildman–Crippen MR) is 124 cm³/mol. The largest absolute Gasteiger partial charge is 0.466 e. The van der Waals surface area contributed by atoms with Gasteiger partial charge in [0.15, 0.2) is 0 Å². The fourth-order valence-corrected chi connectivity index (χ4v) is 3.73. The smallest absolute Gasteiger partial charge is 0.305 e. The first-order valence-electron chi connectivity index (χ1n) is 12.8. The molecule has 0 N–H and O–H groups in total. The highest BCUT2D eigenvalue weighted by Gasteiger charge is 2.01. The molecule has 28 heavy (non-hydrogen) atoms. The second-order valence-corrected chi connectivity index (χ2v) is 9.16. The highest BCUT2D eigenvalue weighted by molar-refractivity contribution is 5.69. The Bertz CT molecular complexity index is 312. The quantitative estimate of drug-likeness (QED) is 0.135. The summed E-state index contributed by atoms with van der Waals surface area (Å²) in [5.41, 5.74) is 0. The van der Waals surface area contributed by atoms with Crippen LogP contribution in [0.4, 0.5) is 0 Å². The molecular weight excluding hydrogens is 344 g/mol. The van der Waals surface area contributed by atoms with Crippen LogP contribution < -0.4 is 0 Å². The van der Waals surface area contributed by atoms with Crippen molar-refractivity contribution in [2.24, 2.45) is 5.92 Å². The van der Waals surface area contributed by atoms with E-state index in [4.69, 9.17) is 4.74 Å². The second kappa shape index (κ2) is 22.8. The predicted octanol–water partition coefficient (Wildman–Crippen LogP) is 9.01. The lowest BCUT2D eigenvalue weighted by molar-refractivity contribution is -0.143. The van der Waals surface area contributed by atoms with Gasteiger partial charge in [-0.15, -0.1) is 0 Å². The SMILES string of the molecule is CCCCCC(=O)OCCCCCCCCCCCCCCCCCC(C)C. The van der Waals surface area contributed by atoms with Gasteiger partial charge in [0, 0.05) is 6.42 Å². The first-order valence-corrected chi connectivity index (χ1v) is 12.8. The van der Waals surface area contributed by atoms with Gasteiger partial charge in [-0.2, -0.15) is 0 Å². The molecule has 0 aliphatic carbocycles. The molecule has 0 aromatic carbocycles. The summed E-state index contributed by atoms with van der Waals surface area (Å²) in [6.07, 6.45) is 25.9. The second-order valence-electron chi connectivity index (χ2n) is 9.16. The molecule has 0 rings (SSSR count). The Morgan fingerprint density at radius 3 is 1.46 bits per heavy atom. The maximum Gasteiger partial charge on any atom is 0.305 e. The lowest BCUT2D eigenvalue weighted by atomic mass is 10.0. The van der Waals surface area contributed by atoms with E-state index in [0.29, 0.717) is 13.0 Å². The van der Waals surface area contributed by atoms with Crippen LogP contribution in [0, 0.1) is 5.92 Å². The number of ether oxygens (including phenoxy) is 1. The van der Waals surface area contributed by atoms with Gasteiger partial charge in [-0.25, -0.2) is 0 Å². The third-order valence-corrected chi connectivity index (χ3v) is 5.67. The van der Waals surface area contributed by atoms with E-state index < -0.39 is 0 Å². The van der Waals surface area contributed by atoms with Crippen molar-refractivity contribution in [3.8, 4) is 0 Å². The molecule has 0 amide bonds. The molecule has 0 saturated heterocycles. The minimum Gasteiger partial charge on any atom is -0.466 e. The molecule has 2 heteroatoms. The fourth-order valence-electron chi connectivity index (χ4n) is 3.73. The number of hydrogen-bond acceptors (Lipinski definition) is 2. The van der Waals surface area contributed by atoms with Gasteiger partial charge >= 0.3 is 5.97 Å². The Kier molecular flexibility index (Phi) is 22.3. The highest BCUT2D eigenvalue weighted by atomic mass is 16.5. The van der Waals surface area contributed by atoms with E-state index in [1.807, 2.05) is 0 Å². The van der Waals surface area contributed by atoms with Gasteiger partial charge in [-0.1, -0.05) is 130 Å². The van der Waals surface area contributed by atoms with Gasteiger partial charge < -0.3 is 4.74 Å². The fraction of sp³-hybridized carbons (Fsp3) is 0.962. The van der Waals surface area contributed by atoms with Gasteiger partial charge in [-0.05, 0) is 18.8 Å². The minimum atomic E-state index is -0.000392. The van der Waals surface area contributed by atoms with Crippen molar-refractivity contribution < 1.29 is 9.53 Å². The topological polar surface area (TPSA) is 26.3 Å². The van der Waals surface area contributed by atoms with E-state index in [2.05, 4.69) is 20.8 Å². The Labute approximate surface area is 177 Å². The van der Waals surface area contributed by atoms with Crippen LogP contribution in [-0.2, 0) is 9.53 Å². The molecule has 0 aromatic rings. The summed E-state index contributed by atoms with van der Waals surface area (Å²) in [4.78, 5) is 11.5. The Morgan fingerprint density at radius 2 is 1.04 bits per heavy atom. The van der Waals surface area contributed by atoms with Crippen molar-refractivity contribution >= 4 is 5.97 Å². The average Bonchev–Trinajstić information content (AvgIpc) is 2.67. The van der Waals surface area contributed by atoms with Gasteiger partial charge in [0.2, 0.25) is 0 Å². The summed E-state index contributed by atoms with van der Waals surface area (Å²) in [6.45, 7) is 7.44. The van der Waals surface area contributed by atoms with Gasteiger partial charge in [0.1, 0.15) is 0 Å². The molecule has 0 bridgehead atoms. The van der Waals surface area contributed by atoms with Crippen LogP contribution in [0.25, 0.3) is 0 Å². The molecule has 0 aromatic heterocycles. The van der Waals surface area contributed by atoms with Crippen LogP contribution in [0.5, 0.6) is 0 Å². The lowest BCUT2D eigenvalue weighted by Gasteiger charge is -2.05. The zero-order valence-corrected chi connectivity index (χ0v) is 19.7. The molecule has 168 valence electrons. The number of hydrogen-bond donors (Lipinski definition) is 0. The number of esters is 1. The normalized spacial score (nSPS) is 11.3. The van der Waals surface area contributed by atoms with Crippen LogP contribution in [0.3, 0.4) is 0 Å². The van der Waals surface area contributed by atoms with E-state index in [0.717, 1.165) is 31.6 Å². The molecule has 0 atom stereocenters. The molecule has 0 heterocycles. The van der Waals surface area contributed by atoms with E-state index in [1.165, 1.54) is 96.3 Å². The van der Waals surface area contributed by atoms with E-state index >= 15 is 0 Å². The Morgan fingerprint density at radius 1 is 0.607 bits per heavy atom. The number of carbonyl (C=O) groups excluding carboxylic acids is 1. The van der Waals surface area contributed by atoms with Crippen molar-refractivity contribution in [3.63, 3.8) is 0 Å². The Hall–Kier alpha value is -0.530. The summed E-state index contributed by atoms with van der Waals surface area (Å²) < 4.78 is 5.28. The van der Waals surface area contributed by atoms with E-state index in [1.54, 1.807) is 0 Å². The molecule has 0 aliphatic rings. The first kappa shape index (κ1) is 27.5. The number of rotatable bonds is 22. The van der Waals surface area contributed by atoms with Crippen LogP contribution in [0.1, 0.15) is 149 Å². The summed E-state index contributed by atoms with van der Waals surface area (Å²) in [6, 6.07) is 0. The average molecular weight is 397 g/mol. The van der Waals surface area contributed by atoms with Crippen LogP contribution in [0.2, 0.25) is 0 Å². The molecule has 0 spiro atoms. The molecule has 0 unspecified atom stereocenters. The summed E-state index contributed by atoms with van der Waals surface area (Å²) >= 11 is 0. The molecule has 0 aliphatic heterocycles. The Balaban J connectivity index is 3.07. The third-order valence-electron chi connectivity index (χ3n) is 5.67. The maximum absolute atomic E-state index is 11.5. The maximum atomic E-state index is 11.5. The van der Waals surface area contributed by atoms with Crippen LogP contribution in [0.15, 0.2) is 0 Å². The molecule has 0 saturated carbocycles. The van der Waals surface area contributed by atoms with E-state index in [-0.39, 0.29) is 5.97 Å². The van der Waals surface area contributed by atoms with Crippen LogP contribution in [-0.4, -0.2) is 12.6 Å². The van der Waals surface area contributed by atoms with E-state index in [9.17, 15) is 4.79 Å². The lowest BCUT2D eigenvalue weighted by Crippen LogP contribution is -2.05. The highest BCUT2D eigenvalue weighted by Crippen LogP contribution is 2.15. The zero-order valence-electron chi connectivity index (χ0n) is 19.7. The van der Waals surface area contributed by atoms with Crippen molar-refractivity contribution in [3.05, 3.63) is 0 Å². The summed E-state index contributed by atoms with van der Waals surface area (Å²) in [5.74, 6) is 0.879. The molecule has 2 nitrogen and oxygen atoms in total. The molecular formula is C26H52O2. The molecule has 0 fully saturated rings. The number of carbonyl (C=O) groups is 1. The molecule has 0 radical (unpaired) electrons. The minimum absolute atomic E-state index is 0.000392. The van der Waals surface area contributed by atoms with Crippen molar-refractivity contribution in [1.29, 1.82) is 0 Å². The monoisotopic (exact) mass is 396 g/mol. The van der Waals surface area contributed by atoms with Crippen molar-refractivity contribution in [2.45, 2.75) is 149 Å². The standard InChI is InChI=1S/C26H52O2/c1-4-5-19-23-26(27)28-24-21-18-16-14-12-10-8-6-7-9-11-13-15-17-20-22-25(2)3/h25H,4-24H2,1-3H3. The first-order chi connectivity index (χ1) is 13.7. The summed E-state index contributed by atoms with van der Waals surface area (Å²) in [5, 5.41) is 0. The van der Waals surface area contributed by atoms with Gasteiger partial charge in [0.05, 0.1) is 6.61 Å². The van der Waals surface area contributed by atoms with Crippen molar-refractivity contribution in [1.82, 2.24) is 0 Å². The summed E-state index contributed by atoms with van der Waals surface area (Å²) in [7, 11) is 0. The van der Waals surface area contributed by atoms with Gasteiger partial charge in [0.25, 0.3) is 0 Å².